The molecule has 0 aliphatic carbocycles. The summed E-state index contributed by atoms with van der Waals surface area (Å²) in [6.07, 6.45) is 0. The lowest BCUT2D eigenvalue weighted by Gasteiger charge is -2.00. The number of Topliss-reactive ketones (excluding diaryl/α,β-unsaturated/α-hetero) is 1. The minimum Gasteiger partial charge on any atom is -0.292 e. The summed E-state index contributed by atoms with van der Waals surface area (Å²) in [5.74, 6) is 0.150. The zero-order valence-electron chi connectivity index (χ0n) is 5.59. The minimum atomic E-state index is -0.0962. The van der Waals surface area contributed by atoms with E-state index < -0.39 is 0 Å². The van der Waals surface area contributed by atoms with Gasteiger partial charge in [0.05, 0.1) is 9.70 Å². The normalized spacial score (nSPS) is 12.9. The fraction of sp³-hybridized carbons (Fsp3) is 0.286. The van der Waals surface area contributed by atoms with Crippen molar-refractivity contribution < 1.29 is 4.79 Å². The molecule has 1 rings (SSSR count). The first-order chi connectivity index (χ1) is 5.25. The zero-order valence-corrected chi connectivity index (χ0v) is 9.58. The first-order valence-electron chi connectivity index (χ1n) is 3.03. The Labute approximate surface area is 86.1 Å². The lowest BCUT2D eigenvalue weighted by Crippen LogP contribution is -2.13. The maximum absolute atomic E-state index is 11.4. The smallest absolute Gasteiger partial charge is 0.187 e. The minimum absolute atomic E-state index is 0.0962. The van der Waals surface area contributed by atoms with Crippen LogP contribution in [0, 0.1) is 0 Å². The van der Waals surface area contributed by atoms with Crippen LogP contribution in [0.1, 0.15) is 9.67 Å². The molecule has 1 aromatic heterocycles. The lowest BCUT2D eigenvalue weighted by atomic mass is 10.3. The van der Waals surface area contributed by atoms with E-state index >= 15 is 0 Å². The Kier molecular flexibility index (Phi) is 3.75. The van der Waals surface area contributed by atoms with E-state index in [-0.39, 0.29) is 10.6 Å². The molecule has 0 aromatic carbocycles. The number of carbonyl (C=O) groups excluding carboxylic acids is 1. The second-order valence-electron chi connectivity index (χ2n) is 1.96. The number of halogens is 2. The van der Waals surface area contributed by atoms with Gasteiger partial charge in [0.25, 0.3) is 0 Å². The van der Waals surface area contributed by atoms with E-state index in [1.807, 2.05) is 17.5 Å². The van der Waals surface area contributed by atoms with Gasteiger partial charge >= 0.3 is 0 Å². The highest BCUT2D eigenvalue weighted by Crippen LogP contribution is 2.16. The van der Waals surface area contributed by atoms with Crippen molar-refractivity contribution >= 4 is 49.0 Å². The quantitative estimate of drug-likeness (QED) is 0.619. The molecule has 0 fully saturated rings. The van der Waals surface area contributed by atoms with Crippen LogP contribution in [0.25, 0.3) is 0 Å². The Bertz CT molecular complexity index is 233. The molecule has 11 heavy (non-hydrogen) atoms. The van der Waals surface area contributed by atoms with Crippen LogP contribution in [0.2, 0.25) is 0 Å². The topological polar surface area (TPSA) is 17.1 Å². The van der Waals surface area contributed by atoms with E-state index in [4.69, 9.17) is 0 Å². The van der Waals surface area contributed by atoms with E-state index in [1.54, 1.807) is 0 Å². The zero-order chi connectivity index (χ0) is 8.27. The number of ketones is 1. The van der Waals surface area contributed by atoms with Crippen LogP contribution in [0.15, 0.2) is 17.5 Å². The Balaban J connectivity index is 2.70. The largest absolute Gasteiger partial charge is 0.292 e. The first kappa shape index (κ1) is 9.42. The summed E-state index contributed by atoms with van der Waals surface area (Å²) in [5.41, 5.74) is 0. The van der Waals surface area contributed by atoms with Crippen molar-refractivity contribution in [2.24, 2.45) is 0 Å². The van der Waals surface area contributed by atoms with Crippen molar-refractivity contribution in [3.63, 3.8) is 0 Å². The van der Waals surface area contributed by atoms with E-state index in [9.17, 15) is 4.79 Å². The predicted octanol–water partition coefficient (Wildman–Crippen LogP) is 3.09. The molecule has 1 unspecified atom stereocenters. The summed E-state index contributed by atoms with van der Waals surface area (Å²) in [6, 6.07) is 3.72. The van der Waals surface area contributed by atoms with Gasteiger partial charge in [-0.2, -0.15) is 0 Å². The second kappa shape index (κ2) is 4.38. The van der Waals surface area contributed by atoms with Gasteiger partial charge < -0.3 is 0 Å². The molecular formula is C7H6Br2OS. The number of hydrogen-bond donors (Lipinski definition) is 0. The molecule has 4 heteroatoms. The van der Waals surface area contributed by atoms with Gasteiger partial charge in [-0.1, -0.05) is 37.9 Å². The second-order valence-corrected chi connectivity index (χ2v) is 4.66. The third-order valence-electron chi connectivity index (χ3n) is 1.18. The van der Waals surface area contributed by atoms with Crippen LogP contribution >= 0.6 is 43.2 Å². The summed E-state index contributed by atoms with van der Waals surface area (Å²) in [5, 5.41) is 2.56. The highest BCUT2D eigenvalue weighted by atomic mass is 79.9. The van der Waals surface area contributed by atoms with Crippen molar-refractivity contribution in [1.82, 2.24) is 0 Å². The monoisotopic (exact) mass is 296 g/mol. The van der Waals surface area contributed by atoms with E-state index in [1.165, 1.54) is 11.3 Å². The van der Waals surface area contributed by atoms with E-state index in [2.05, 4.69) is 31.9 Å². The molecule has 0 spiro atoms. The van der Waals surface area contributed by atoms with Crippen molar-refractivity contribution in [2.45, 2.75) is 4.83 Å². The van der Waals surface area contributed by atoms with Crippen molar-refractivity contribution in [3.8, 4) is 0 Å². The molecule has 1 heterocycles. The molecule has 0 saturated heterocycles. The van der Waals surface area contributed by atoms with Gasteiger partial charge in [0.1, 0.15) is 0 Å². The average Bonchev–Trinajstić information content (AvgIpc) is 2.53. The molecule has 1 nitrogen and oxygen atoms in total. The van der Waals surface area contributed by atoms with Gasteiger partial charge in [-0.25, -0.2) is 0 Å². The van der Waals surface area contributed by atoms with Gasteiger partial charge in [-0.3, -0.25) is 4.79 Å². The van der Waals surface area contributed by atoms with E-state index in [0.717, 1.165) is 4.88 Å². The molecule has 0 amide bonds. The van der Waals surface area contributed by atoms with Crippen LogP contribution < -0.4 is 0 Å². The number of hydrogen-bond acceptors (Lipinski definition) is 2. The molecule has 0 aliphatic heterocycles. The first-order valence-corrected chi connectivity index (χ1v) is 5.95. The number of thiophene rings is 1. The van der Waals surface area contributed by atoms with Gasteiger partial charge in [-0.05, 0) is 11.4 Å². The molecule has 60 valence electrons. The van der Waals surface area contributed by atoms with Crippen LogP contribution in [-0.4, -0.2) is 15.9 Å². The van der Waals surface area contributed by atoms with Gasteiger partial charge in [-0.15, -0.1) is 11.3 Å². The van der Waals surface area contributed by atoms with Crippen LogP contribution in [0.5, 0.6) is 0 Å². The van der Waals surface area contributed by atoms with Gasteiger partial charge in [0.2, 0.25) is 0 Å². The summed E-state index contributed by atoms with van der Waals surface area (Å²) in [4.78, 5) is 12.1. The van der Waals surface area contributed by atoms with E-state index in [0.29, 0.717) is 5.33 Å². The maximum atomic E-state index is 11.4. The molecule has 0 N–H and O–H groups in total. The molecule has 1 aromatic rings. The summed E-state index contributed by atoms with van der Waals surface area (Å²) in [6.45, 7) is 0. The van der Waals surface area contributed by atoms with Crippen molar-refractivity contribution in [1.29, 1.82) is 0 Å². The standard InChI is InChI=1S/C7H6Br2OS/c8-4-5(9)7(10)6-2-1-3-11-6/h1-3,5H,4H2. The molecule has 0 aliphatic rings. The maximum Gasteiger partial charge on any atom is 0.187 e. The summed E-state index contributed by atoms with van der Waals surface area (Å²) in [7, 11) is 0. The Morgan fingerprint density at radius 3 is 2.91 bits per heavy atom. The van der Waals surface area contributed by atoms with Crippen LogP contribution in [0.4, 0.5) is 0 Å². The molecule has 0 radical (unpaired) electrons. The Hall–Kier alpha value is 0.330. The number of alkyl halides is 2. The fourth-order valence-corrected chi connectivity index (χ4v) is 2.05. The predicted molar refractivity (Wildman–Crippen MR) is 55.2 cm³/mol. The van der Waals surface area contributed by atoms with Crippen LogP contribution in [-0.2, 0) is 0 Å². The molecule has 1 atom stereocenters. The Morgan fingerprint density at radius 1 is 1.73 bits per heavy atom. The SMILES string of the molecule is O=C(c1cccs1)C(Br)CBr. The van der Waals surface area contributed by atoms with Crippen molar-refractivity contribution in [3.05, 3.63) is 22.4 Å². The van der Waals surface area contributed by atoms with Crippen molar-refractivity contribution in [2.75, 3.05) is 5.33 Å². The average molecular weight is 298 g/mol. The molecule has 0 bridgehead atoms. The highest BCUT2D eigenvalue weighted by molar-refractivity contribution is 9.12. The molecular weight excluding hydrogens is 292 g/mol. The lowest BCUT2D eigenvalue weighted by molar-refractivity contribution is 0.100. The fourth-order valence-electron chi connectivity index (χ4n) is 0.643. The number of carbonyl (C=O) groups is 1. The molecule has 0 saturated carbocycles. The third-order valence-corrected chi connectivity index (χ3v) is 4.32. The summed E-state index contributed by atoms with van der Waals surface area (Å²) >= 11 is 7.99. The third kappa shape index (κ3) is 2.39. The summed E-state index contributed by atoms with van der Waals surface area (Å²) < 4.78 is 0. The van der Waals surface area contributed by atoms with Gasteiger partial charge in [0, 0.05) is 5.33 Å². The van der Waals surface area contributed by atoms with Crippen LogP contribution in [0.3, 0.4) is 0 Å². The highest BCUT2D eigenvalue weighted by Gasteiger charge is 2.15. The number of rotatable bonds is 3. The Morgan fingerprint density at radius 2 is 2.45 bits per heavy atom. The van der Waals surface area contributed by atoms with Gasteiger partial charge in [0.15, 0.2) is 5.78 Å².